The summed E-state index contributed by atoms with van der Waals surface area (Å²) in [4.78, 5) is 0. The number of ether oxygens (including phenoxy) is 2. The highest BCUT2D eigenvalue weighted by Gasteiger charge is 2.00. The van der Waals surface area contributed by atoms with E-state index in [-0.39, 0.29) is 13.2 Å². The van der Waals surface area contributed by atoms with Crippen molar-refractivity contribution in [2.75, 3.05) is 63.4 Å². The Morgan fingerprint density at radius 2 is 1.12 bits per heavy atom. The average Bonchev–Trinajstić information content (AvgIpc) is 2.63. The van der Waals surface area contributed by atoms with Gasteiger partial charge in [0.1, 0.15) is 0 Å². The van der Waals surface area contributed by atoms with Crippen molar-refractivity contribution >= 4 is 46.0 Å². The summed E-state index contributed by atoms with van der Waals surface area (Å²) < 4.78 is 10.3. The molecule has 0 unspecified atom stereocenters. The standard InChI is InChI=1S/C16H26N4O4S2/c21-7-11-23-9-5-17-15(25)19-13-1-2-14(4-3-13)20-16(26)18-6-10-24-12-8-22/h1-4,21-22H,5-12H2,(H2,17,19,25)(H2,18,20,26). The van der Waals surface area contributed by atoms with Gasteiger partial charge in [-0.3, -0.25) is 0 Å². The summed E-state index contributed by atoms with van der Waals surface area (Å²) in [5.74, 6) is 0. The first-order valence-electron chi connectivity index (χ1n) is 8.22. The van der Waals surface area contributed by atoms with E-state index >= 15 is 0 Å². The van der Waals surface area contributed by atoms with Crippen LogP contribution >= 0.6 is 24.4 Å². The number of aliphatic hydroxyl groups is 2. The van der Waals surface area contributed by atoms with Crippen molar-refractivity contribution in [3.63, 3.8) is 0 Å². The Hall–Kier alpha value is -1.56. The fourth-order valence-electron chi connectivity index (χ4n) is 1.79. The van der Waals surface area contributed by atoms with Gasteiger partial charge in [0.25, 0.3) is 0 Å². The fourth-order valence-corrected chi connectivity index (χ4v) is 2.23. The molecule has 0 fully saturated rings. The van der Waals surface area contributed by atoms with E-state index in [9.17, 15) is 0 Å². The quantitative estimate of drug-likeness (QED) is 0.216. The molecule has 146 valence electrons. The summed E-state index contributed by atoms with van der Waals surface area (Å²) in [7, 11) is 0. The highest BCUT2D eigenvalue weighted by Crippen LogP contribution is 2.13. The summed E-state index contributed by atoms with van der Waals surface area (Å²) in [6, 6.07) is 7.52. The maximum absolute atomic E-state index is 8.61. The number of rotatable bonds is 12. The molecule has 0 atom stereocenters. The third-order valence-electron chi connectivity index (χ3n) is 2.94. The number of thiocarbonyl (C=S) groups is 2. The van der Waals surface area contributed by atoms with E-state index in [1.165, 1.54) is 0 Å². The molecule has 1 aromatic carbocycles. The smallest absolute Gasteiger partial charge is 0.170 e. The van der Waals surface area contributed by atoms with Gasteiger partial charge in [0.15, 0.2) is 10.2 Å². The summed E-state index contributed by atoms with van der Waals surface area (Å²) in [6.07, 6.45) is 0. The van der Waals surface area contributed by atoms with E-state index in [0.29, 0.717) is 49.7 Å². The molecule has 0 aromatic heterocycles. The number of aliphatic hydroxyl groups excluding tert-OH is 2. The van der Waals surface area contributed by atoms with Crippen molar-refractivity contribution in [3.05, 3.63) is 24.3 Å². The van der Waals surface area contributed by atoms with E-state index < -0.39 is 0 Å². The Morgan fingerprint density at radius 3 is 1.46 bits per heavy atom. The summed E-state index contributed by atoms with van der Waals surface area (Å²) in [5.41, 5.74) is 1.70. The molecule has 0 aliphatic rings. The molecule has 0 aliphatic heterocycles. The van der Waals surface area contributed by atoms with Crippen LogP contribution in [0.15, 0.2) is 24.3 Å². The molecule has 0 radical (unpaired) electrons. The Balaban J connectivity index is 2.23. The maximum Gasteiger partial charge on any atom is 0.170 e. The number of hydrogen-bond donors (Lipinski definition) is 6. The molecule has 0 saturated heterocycles. The monoisotopic (exact) mass is 402 g/mol. The van der Waals surface area contributed by atoms with Gasteiger partial charge in [0.2, 0.25) is 0 Å². The van der Waals surface area contributed by atoms with Crippen LogP contribution in [0.4, 0.5) is 11.4 Å². The largest absolute Gasteiger partial charge is 0.394 e. The van der Waals surface area contributed by atoms with Crippen LogP contribution in [-0.4, -0.2) is 73.2 Å². The lowest BCUT2D eigenvalue weighted by atomic mass is 10.3. The predicted octanol–water partition coefficient (Wildman–Crippen LogP) is 0.277. The zero-order valence-corrected chi connectivity index (χ0v) is 16.1. The second-order valence-electron chi connectivity index (χ2n) is 5.01. The van der Waals surface area contributed by atoms with E-state index in [1.54, 1.807) is 0 Å². The van der Waals surface area contributed by atoms with E-state index in [1.807, 2.05) is 24.3 Å². The molecular formula is C16H26N4O4S2. The first kappa shape index (κ1) is 22.5. The highest BCUT2D eigenvalue weighted by atomic mass is 32.1. The van der Waals surface area contributed by atoms with Gasteiger partial charge in [-0.2, -0.15) is 0 Å². The maximum atomic E-state index is 8.61. The number of anilines is 2. The van der Waals surface area contributed by atoms with Gasteiger partial charge < -0.3 is 41.0 Å². The molecule has 8 nitrogen and oxygen atoms in total. The van der Waals surface area contributed by atoms with E-state index in [2.05, 4.69) is 21.3 Å². The first-order valence-corrected chi connectivity index (χ1v) is 9.04. The SMILES string of the molecule is OCCOCCNC(=S)Nc1ccc(NC(=S)NCCOCCO)cc1. The van der Waals surface area contributed by atoms with Crippen LogP contribution < -0.4 is 21.3 Å². The van der Waals surface area contributed by atoms with Crippen molar-refractivity contribution < 1.29 is 19.7 Å². The zero-order chi connectivity index (χ0) is 19.0. The number of hydrogen-bond acceptors (Lipinski definition) is 6. The normalized spacial score (nSPS) is 10.2. The average molecular weight is 403 g/mol. The lowest BCUT2D eigenvalue weighted by molar-refractivity contribution is 0.0959. The van der Waals surface area contributed by atoms with Gasteiger partial charge >= 0.3 is 0 Å². The van der Waals surface area contributed by atoms with Crippen LogP contribution in [0, 0.1) is 0 Å². The lowest BCUT2D eigenvalue weighted by Gasteiger charge is -2.13. The molecule has 1 aromatic rings. The van der Waals surface area contributed by atoms with Crippen LogP contribution in [0.2, 0.25) is 0 Å². The molecule has 26 heavy (non-hydrogen) atoms. The molecule has 0 heterocycles. The lowest BCUT2D eigenvalue weighted by Crippen LogP contribution is -2.32. The Kier molecular flexibility index (Phi) is 12.6. The zero-order valence-electron chi connectivity index (χ0n) is 14.5. The third kappa shape index (κ3) is 11.1. The second kappa shape index (κ2) is 14.6. The van der Waals surface area contributed by atoms with Gasteiger partial charge in [-0.15, -0.1) is 0 Å². The molecule has 10 heteroatoms. The summed E-state index contributed by atoms with van der Waals surface area (Å²) >= 11 is 10.4. The molecule has 0 saturated carbocycles. The Morgan fingerprint density at radius 1 is 0.731 bits per heavy atom. The fraction of sp³-hybridized carbons (Fsp3) is 0.500. The van der Waals surface area contributed by atoms with Crippen LogP contribution in [0.1, 0.15) is 0 Å². The number of benzene rings is 1. The Bertz CT molecular complexity index is 484. The van der Waals surface area contributed by atoms with Crippen molar-refractivity contribution in [2.24, 2.45) is 0 Å². The van der Waals surface area contributed by atoms with Crippen molar-refractivity contribution in [1.29, 1.82) is 0 Å². The van der Waals surface area contributed by atoms with Crippen molar-refractivity contribution in [3.8, 4) is 0 Å². The van der Waals surface area contributed by atoms with Gasteiger partial charge in [0.05, 0.1) is 39.6 Å². The number of nitrogens with one attached hydrogen (secondary N) is 4. The molecule has 0 aliphatic carbocycles. The Labute approximate surface area is 164 Å². The summed E-state index contributed by atoms with van der Waals surface area (Å²) in [5, 5.41) is 30.4. The minimum Gasteiger partial charge on any atom is -0.394 e. The molecular weight excluding hydrogens is 376 g/mol. The topological polar surface area (TPSA) is 107 Å². The van der Waals surface area contributed by atoms with Gasteiger partial charge in [-0.05, 0) is 48.7 Å². The first-order chi connectivity index (χ1) is 12.7. The van der Waals surface area contributed by atoms with E-state index in [0.717, 1.165) is 11.4 Å². The van der Waals surface area contributed by atoms with Crippen LogP contribution in [-0.2, 0) is 9.47 Å². The van der Waals surface area contributed by atoms with Crippen LogP contribution in [0.5, 0.6) is 0 Å². The van der Waals surface area contributed by atoms with Crippen LogP contribution in [0.3, 0.4) is 0 Å². The van der Waals surface area contributed by atoms with Crippen molar-refractivity contribution in [2.45, 2.75) is 0 Å². The molecule has 0 bridgehead atoms. The van der Waals surface area contributed by atoms with Crippen molar-refractivity contribution in [1.82, 2.24) is 10.6 Å². The molecule has 0 amide bonds. The predicted molar refractivity (Wildman–Crippen MR) is 111 cm³/mol. The third-order valence-corrected chi connectivity index (χ3v) is 3.43. The molecule has 0 spiro atoms. The minimum absolute atomic E-state index is 0.0134. The summed E-state index contributed by atoms with van der Waals surface area (Å²) in [6.45, 7) is 2.74. The van der Waals surface area contributed by atoms with Gasteiger partial charge in [0, 0.05) is 24.5 Å². The van der Waals surface area contributed by atoms with E-state index in [4.69, 9.17) is 44.1 Å². The minimum atomic E-state index is 0.0134. The second-order valence-corrected chi connectivity index (χ2v) is 5.83. The molecule has 6 N–H and O–H groups in total. The van der Waals surface area contributed by atoms with Gasteiger partial charge in [-0.25, -0.2) is 0 Å². The highest BCUT2D eigenvalue weighted by molar-refractivity contribution is 7.80. The van der Waals surface area contributed by atoms with Gasteiger partial charge in [-0.1, -0.05) is 0 Å². The van der Waals surface area contributed by atoms with Crippen LogP contribution in [0.25, 0.3) is 0 Å². The molecule has 1 rings (SSSR count).